The van der Waals surface area contributed by atoms with Gasteiger partial charge in [0.25, 0.3) is 5.91 Å². The molecule has 0 atom stereocenters. The van der Waals surface area contributed by atoms with Gasteiger partial charge in [0.2, 0.25) is 10.0 Å². The SMILES string of the molecule is CCSCc1ccc(C(=O)N2CCN(S(=O)(=O)c3ccc4ccccc4c3)CC2)cc1. The molecule has 162 valence electrons. The molecule has 0 aromatic heterocycles. The van der Waals surface area contributed by atoms with Gasteiger partial charge in [0, 0.05) is 37.5 Å². The van der Waals surface area contributed by atoms with Gasteiger partial charge < -0.3 is 4.90 Å². The third kappa shape index (κ3) is 4.79. The lowest BCUT2D eigenvalue weighted by atomic mass is 10.1. The number of amides is 1. The van der Waals surface area contributed by atoms with E-state index in [4.69, 9.17) is 0 Å². The molecule has 4 rings (SSSR count). The lowest BCUT2D eigenvalue weighted by molar-refractivity contribution is 0.0698. The van der Waals surface area contributed by atoms with Crippen LogP contribution in [0.5, 0.6) is 0 Å². The number of nitrogens with zero attached hydrogens (tertiary/aromatic N) is 2. The van der Waals surface area contributed by atoms with E-state index in [1.807, 2.05) is 66.4 Å². The third-order valence-electron chi connectivity index (χ3n) is 5.56. The molecule has 0 aliphatic carbocycles. The van der Waals surface area contributed by atoms with E-state index < -0.39 is 10.0 Å². The molecular formula is C24H26N2O3S2. The second-order valence-electron chi connectivity index (χ2n) is 7.54. The van der Waals surface area contributed by atoms with Crippen molar-refractivity contribution in [2.24, 2.45) is 0 Å². The van der Waals surface area contributed by atoms with Crippen LogP contribution >= 0.6 is 11.8 Å². The van der Waals surface area contributed by atoms with Crippen LogP contribution in [0.1, 0.15) is 22.8 Å². The van der Waals surface area contributed by atoms with Crippen molar-refractivity contribution in [3.8, 4) is 0 Å². The van der Waals surface area contributed by atoms with Gasteiger partial charge in [-0.1, -0.05) is 49.4 Å². The number of rotatable bonds is 6. The van der Waals surface area contributed by atoms with E-state index in [1.54, 1.807) is 17.0 Å². The second-order valence-corrected chi connectivity index (χ2v) is 10.8. The van der Waals surface area contributed by atoms with Crippen LogP contribution in [0.2, 0.25) is 0 Å². The summed E-state index contributed by atoms with van der Waals surface area (Å²) in [5.41, 5.74) is 1.85. The highest BCUT2D eigenvalue weighted by Gasteiger charge is 2.30. The highest BCUT2D eigenvalue weighted by atomic mass is 32.2. The standard InChI is InChI=1S/C24H26N2O3S2/c1-2-30-18-19-7-9-21(10-8-19)24(27)25-13-15-26(16-14-25)31(28,29)23-12-11-20-5-3-4-6-22(20)17-23/h3-12,17H,2,13-16,18H2,1H3. The van der Waals surface area contributed by atoms with Crippen molar-refractivity contribution >= 4 is 38.5 Å². The quantitative estimate of drug-likeness (QED) is 0.559. The molecule has 0 radical (unpaired) electrons. The number of benzene rings is 3. The number of fused-ring (bicyclic) bond motifs is 1. The number of carbonyl (C=O) groups excluding carboxylic acids is 1. The maximum Gasteiger partial charge on any atom is 0.253 e. The van der Waals surface area contributed by atoms with Gasteiger partial charge in [-0.3, -0.25) is 4.79 Å². The van der Waals surface area contributed by atoms with Crippen molar-refractivity contribution < 1.29 is 13.2 Å². The second kappa shape index (κ2) is 9.42. The van der Waals surface area contributed by atoms with E-state index in [1.165, 1.54) is 9.87 Å². The van der Waals surface area contributed by atoms with Crippen LogP contribution in [0.3, 0.4) is 0 Å². The Kier molecular flexibility index (Phi) is 6.65. The maximum absolute atomic E-state index is 13.1. The summed E-state index contributed by atoms with van der Waals surface area (Å²) in [6.07, 6.45) is 0. The molecule has 1 aliphatic rings. The summed E-state index contributed by atoms with van der Waals surface area (Å²) in [5, 5.41) is 1.91. The minimum atomic E-state index is -3.59. The molecule has 1 amide bonds. The van der Waals surface area contributed by atoms with Crippen LogP contribution in [0.25, 0.3) is 10.8 Å². The van der Waals surface area contributed by atoms with Crippen molar-refractivity contribution in [1.29, 1.82) is 0 Å². The number of hydrogen-bond donors (Lipinski definition) is 0. The predicted octanol–water partition coefficient (Wildman–Crippen LogP) is 4.24. The van der Waals surface area contributed by atoms with Crippen molar-refractivity contribution in [1.82, 2.24) is 9.21 Å². The van der Waals surface area contributed by atoms with E-state index in [9.17, 15) is 13.2 Å². The Morgan fingerprint density at radius 1 is 0.903 bits per heavy atom. The fraction of sp³-hybridized carbons (Fsp3) is 0.292. The summed E-state index contributed by atoms with van der Waals surface area (Å²) < 4.78 is 27.7. The number of carbonyl (C=O) groups is 1. The average Bonchev–Trinajstić information content (AvgIpc) is 2.82. The van der Waals surface area contributed by atoms with E-state index in [0.717, 1.165) is 22.3 Å². The Hall–Kier alpha value is -2.35. The molecule has 0 unspecified atom stereocenters. The molecule has 0 bridgehead atoms. The van der Waals surface area contributed by atoms with Crippen LogP contribution in [0.4, 0.5) is 0 Å². The monoisotopic (exact) mass is 454 g/mol. The Morgan fingerprint density at radius 3 is 2.26 bits per heavy atom. The molecule has 0 saturated carbocycles. The van der Waals surface area contributed by atoms with E-state index >= 15 is 0 Å². The van der Waals surface area contributed by atoms with Gasteiger partial charge in [-0.2, -0.15) is 16.1 Å². The lowest BCUT2D eigenvalue weighted by Crippen LogP contribution is -2.50. The maximum atomic E-state index is 13.1. The number of piperazine rings is 1. The zero-order valence-corrected chi connectivity index (χ0v) is 19.2. The molecular weight excluding hydrogens is 428 g/mol. The first kappa shape index (κ1) is 21.9. The normalized spacial score (nSPS) is 15.3. The molecule has 1 heterocycles. The summed E-state index contributed by atoms with van der Waals surface area (Å²) in [7, 11) is -3.59. The highest BCUT2D eigenvalue weighted by Crippen LogP contribution is 2.23. The minimum Gasteiger partial charge on any atom is -0.336 e. The predicted molar refractivity (Wildman–Crippen MR) is 127 cm³/mol. The average molecular weight is 455 g/mol. The van der Waals surface area contributed by atoms with Crippen molar-refractivity contribution in [2.45, 2.75) is 17.6 Å². The van der Waals surface area contributed by atoms with E-state index in [2.05, 4.69) is 6.92 Å². The Balaban J connectivity index is 1.41. The summed E-state index contributed by atoms with van der Waals surface area (Å²) in [6, 6.07) is 20.7. The van der Waals surface area contributed by atoms with E-state index in [-0.39, 0.29) is 5.91 Å². The Bertz CT molecular complexity index is 1170. The lowest BCUT2D eigenvalue weighted by Gasteiger charge is -2.34. The van der Waals surface area contributed by atoms with E-state index in [0.29, 0.717) is 36.6 Å². The fourth-order valence-electron chi connectivity index (χ4n) is 3.75. The van der Waals surface area contributed by atoms with Gasteiger partial charge in [-0.25, -0.2) is 8.42 Å². The first-order chi connectivity index (χ1) is 15.0. The van der Waals surface area contributed by atoms with Gasteiger partial charge >= 0.3 is 0 Å². The Morgan fingerprint density at radius 2 is 1.58 bits per heavy atom. The molecule has 31 heavy (non-hydrogen) atoms. The molecule has 1 saturated heterocycles. The number of sulfonamides is 1. The largest absolute Gasteiger partial charge is 0.336 e. The zero-order chi connectivity index (χ0) is 21.8. The Labute approximate surface area is 188 Å². The summed E-state index contributed by atoms with van der Waals surface area (Å²) in [6.45, 7) is 3.50. The fourth-order valence-corrected chi connectivity index (χ4v) is 5.84. The molecule has 1 fully saturated rings. The topological polar surface area (TPSA) is 57.7 Å². The van der Waals surface area contributed by atoms with Crippen molar-refractivity contribution in [3.63, 3.8) is 0 Å². The van der Waals surface area contributed by atoms with Crippen molar-refractivity contribution in [2.75, 3.05) is 31.9 Å². The van der Waals surface area contributed by atoms with Crippen LogP contribution in [-0.4, -0.2) is 55.5 Å². The van der Waals surface area contributed by atoms with Gasteiger partial charge in [-0.05, 0) is 46.4 Å². The van der Waals surface area contributed by atoms with Gasteiger partial charge in [0.1, 0.15) is 0 Å². The van der Waals surface area contributed by atoms with Gasteiger partial charge in [-0.15, -0.1) is 0 Å². The first-order valence-corrected chi connectivity index (χ1v) is 13.0. The molecule has 3 aromatic rings. The number of thioether (sulfide) groups is 1. The van der Waals surface area contributed by atoms with Crippen LogP contribution in [-0.2, 0) is 15.8 Å². The van der Waals surface area contributed by atoms with Crippen LogP contribution < -0.4 is 0 Å². The van der Waals surface area contributed by atoms with Crippen LogP contribution in [0.15, 0.2) is 71.6 Å². The van der Waals surface area contributed by atoms with Gasteiger partial charge in [0.05, 0.1) is 4.90 Å². The molecule has 0 N–H and O–H groups in total. The molecule has 7 heteroatoms. The van der Waals surface area contributed by atoms with Gasteiger partial charge in [0.15, 0.2) is 0 Å². The first-order valence-electron chi connectivity index (χ1n) is 10.4. The zero-order valence-electron chi connectivity index (χ0n) is 17.5. The molecule has 0 spiro atoms. The summed E-state index contributed by atoms with van der Waals surface area (Å²) in [4.78, 5) is 14.9. The minimum absolute atomic E-state index is 0.0440. The summed E-state index contributed by atoms with van der Waals surface area (Å²) in [5.74, 6) is 1.96. The molecule has 3 aromatic carbocycles. The molecule has 1 aliphatic heterocycles. The number of hydrogen-bond acceptors (Lipinski definition) is 4. The smallest absolute Gasteiger partial charge is 0.253 e. The highest BCUT2D eigenvalue weighted by molar-refractivity contribution is 7.98. The summed E-state index contributed by atoms with van der Waals surface area (Å²) >= 11 is 1.85. The van der Waals surface area contributed by atoms with Crippen molar-refractivity contribution in [3.05, 3.63) is 77.9 Å². The third-order valence-corrected chi connectivity index (χ3v) is 8.40. The van der Waals surface area contributed by atoms with Crippen LogP contribution in [0, 0.1) is 0 Å². The molecule has 5 nitrogen and oxygen atoms in total.